The van der Waals surface area contributed by atoms with Crippen LogP contribution in [0.5, 0.6) is 5.75 Å². The Morgan fingerprint density at radius 3 is 2.75 bits per heavy atom. The topological polar surface area (TPSA) is 61.4 Å². The van der Waals surface area contributed by atoms with E-state index in [1.165, 1.54) is 6.07 Å². The molecule has 0 heterocycles. The zero-order valence-corrected chi connectivity index (χ0v) is 9.71. The van der Waals surface area contributed by atoms with Gasteiger partial charge < -0.3 is 15.7 Å². The quantitative estimate of drug-likeness (QED) is 0.652. The number of phenolic OH excluding ortho intramolecular Hbond substituents is 1. The molecule has 0 aromatic heterocycles. The second-order valence-corrected chi connectivity index (χ2v) is 3.71. The van der Waals surface area contributed by atoms with Gasteiger partial charge in [0, 0.05) is 12.1 Å². The van der Waals surface area contributed by atoms with E-state index in [1.54, 1.807) is 19.1 Å². The van der Waals surface area contributed by atoms with Gasteiger partial charge in [-0.3, -0.25) is 4.79 Å². The van der Waals surface area contributed by atoms with E-state index < -0.39 is 0 Å². The highest BCUT2D eigenvalue weighted by atomic mass is 16.3. The molecule has 4 nitrogen and oxygen atoms in total. The van der Waals surface area contributed by atoms with Crippen LogP contribution in [-0.4, -0.2) is 31.2 Å². The van der Waals surface area contributed by atoms with Gasteiger partial charge in [-0.15, -0.1) is 0 Å². The largest absolute Gasteiger partial charge is 0.508 e. The Morgan fingerprint density at radius 2 is 2.12 bits per heavy atom. The molecule has 1 amide bonds. The number of hydrogen-bond acceptors (Lipinski definition) is 3. The number of amides is 1. The average molecular weight is 222 g/mol. The number of aryl methyl sites for hydroxylation is 1. The standard InChI is InChI=1S/C12H18N2O2/c1-9-8-10(4-5-11(9)15)12(16)14-7-3-6-13-2/h4-5,8,13,15H,3,6-7H2,1-2H3,(H,14,16). The highest BCUT2D eigenvalue weighted by molar-refractivity contribution is 5.94. The first kappa shape index (κ1) is 12.5. The smallest absolute Gasteiger partial charge is 0.251 e. The van der Waals surface area contributed by atoms with Crippen LogP contribution < -0.4 is 10.6 Å². The fourth-order valence-electron chi connectivity index (χ4n) is 1.37. The zero-order chi connectivity index (χ0) is 12.0. The van der Waals surface area contributed by atoms with Gasteiger partial charge in [-0.2, -0.15) is 0 Å². The third-order valence-corrected chi connectivity index (χ3v) is 2.35. The summed E-state index contributed by atoms with van der Waals surface area (Å²) in [5.41, 5.74) is 1.29. The predicted octanol–water partition coefficient (Wildman–Crippen LogP) is 1.04. The van der Waals surface area contributed by atoms with Crippen LogP contribution in [0.1, 0.15) is 22.3 Å². The number of phenols is 1. The van der Waals surface area contributed by atoms with Crippen molar-refractivity contribution < 1.29 is 9.90 Å². The van der Waals surface area contributed by atoms with Crippen molar-refractivity contribution in [2.75, 3.05) is 20.1 Å². The third kappa shape index (κ3) is 3.55. The van der Waals surface area contributed by atoms with Gasteiger partial charge in [-0.1, -0.05) is 0 Å². The minimum atomic E-state index is -0.0980. The van der Waals surface area contributed by atoms with Crippen molar-refractivity contribution in [3.05, 3.63) is 29.3 Å². The van der Waals surface area contributed by atoms with E-state index in [2.05, 4.69) is 10.6 Å². The van der Waals surface area contributed by atoms with E-state index >= 15 is 0 Å². The highest BCUT2D eigenvalue weighted by Crippen LogP contribution is 2.16. The summed E-state index contributed by atoms with van der Waals surface area (Å²) in [6.45, 7) is 3.31. The Morgan fingerprint density at radius 1 is 1.38 bits per heavy atom. The van der Waals surface area contributed by atoms with Crippen molar-refractivity contribution >= 4 is 5.91 Å². The van der Waals surface area contributed by atoms with Crippen LogP contribution in [0.25, 0.3) is 0 Å². The number of benzene rings is 1. The van der Waals surface area contributed by atoms with Gasteiger partial charge in [-0.25, -0.2) is 0 Å². The molecule has 88 valence electrons. The molecule has 1 rings (SSSR count). The summed E-state index contributed by atoms with van der Waals surface area (Å²) in [6, 6.07) is 4.84. The molecule has 1 aromatic carbocycles. The normalized spacial score (nSPS) is 10.1. The highest BCUT2D eigenvalue weighted by Gasteiger charge is 2.06. The van der Waals surface area contributed by atoms with Gasteiger partial charge in [0.05, 0.1) is 0 Å². The Bertz CT molecular complexity index is 364. The molecule has 0 unspecified atom stereocenters. The lowest BCUT2D eigenvalue weighted by Crippen LogP contribution is -2.26. The number of hydrogen-bond donors (Lipinski definition) is 3. The number of carbonyl (C=O) groups is 1. The molecule has 0 aliphatic rings. The van der Waals surface area contributed by atoms with Crippen molar-refractivity contribution in [2.24, 2.45) is 0 Å². The first-order valence-electron chi connectivity index (χ1n) is 5.37. The molecule has 0 radical (unpaired) electrons. The molecule has 1 aromatic rings. The van der Waals surface area contributed by atoms with Gasteiger partial charge in [0.25, 0.3) is 5.91 Å². The van der Waals surface area contributed by atoms with Gasteiger partial charge in [-0.05, 0) is 50.7 Å². The summed E-state index contributed by atoms with van der Waals surface area (Å²) < 4.78 is 0. The molecule has 0 saturated heterocycles. The SMILES string of the molecule is CNCCCNC(=O)c1ccc(O)c(C)c1. The Kier molecular flexibility index (Phi) is 4.79. The van der Waals surface area contributed by atoms with E-state index in [1.807, 2.05) is 7.05 Å². The van der Waals surface area contributed by atoms with Crippen LogP contribution in [0, 0.1) is 6.92 Å². The van der Waals surface area contributed by atoms with Crippen molar-refractivity contribution in [3.8, 4) is 5.75 Å². The first-order chi connectivity index (χ1) is 7.65. The van der Waals surface area contributed by atoms with Crippen LogP contribution in [0.3, 0.4) is 0 Å². The number of carbonyl (C=O) groups excluding carboxylic acids is 1. The number of rotatable bonds is 5. The molecule has 0 spiro atoms. The van der Waals surface area contributed by atoms with Crippen molar-refractivity contribution in [3.63, 3.8) is 0 Å². The summed E-state index contributed by atoms with van der Waals surface area (Å²) in [5.74, 6) is 0.117. The maximum atomic E-state index is 11.7. The van der Waals surface area contributed by atoms with E-state index in [0.29, 0.717) is 17.7 Å². The van der Waals surface area contributed by atoms with E-state index in [-0.39, 0.29) is 11.7 Å². The molecule has 0 aliphatic carbocycles. The first-order valence-corrected chi connectivity index (χ1v) is 5.37. The molecule has 4 heteroatoms. The number of nitrogens with one attached hydrogen (secondary N) is 2. The molecule has 0 atom stereocenters. The van der Waals surface area contributed by atoms with Crippen LogP contribution in [0.4, 0.5) is 0 Å². The lowest BCUT2D eigenvalue weighted by atomic mass is 10.1. The number of aromatic hydroxyl groups is 1. The van der Waals surface area contributed by atoms with Gasteiger partial charge >= 0.3 is 0 Å². The second kappa shape index (κ2) is 6.12. The second-order valence-electron chi connectivity index (χ2n) is 3.71. The molecule has 16 heavy (non-hydrogen) atoms. The summed E-state index contributed by atoms with van der Waals surface area (Å²) in [7, 11) is 1.88. The van der Waals surface area contributed by atoms with E-state index in [0.717, 1.165) is 13.0 Å². The molecular formula is C12H18N2O2. The Labute approximate surface area is 95.7 Å². The Hall–Kier alpha value is -1.55. The summed E-state index contributed by atoms with van der Waals surface area (Å²) in [6.07, 6.45) is 0.902. The van der Waals surface area contributed by atoms with Crippen LogP contribution in [0.15, 0.2) is 18.2 Å². The van der Waals surface area contributed by atoms with Gasteiger partial charge in [0.15, 0.2) is 0 Å². The minimum absolute atomic E-state index is 0.0980. The zero-order valence-electron chi connectivity index (χ0n) is 9.71. The van der Waals surface area contributed by atoms with Crippen molar-refractivity contribution in [1.82, 2.24) is 10.6 Å². The fraction of sp³-hybridized carbons (Fsp3) is 0.417. The average Bonchev–Trinajstić information content (AvgIpc) is 2.28. The third-order valence-electron chi connectivity index (χ3n) is 2.35. The summed E-state index contributed by atoms with van der Waals surface area (Å²) in [5, 5.41) is 15.2. The van der Waals surface area contributed by atoms with Crippen molar-refractivity contribution in [1.29, 1.82) is 0 Å². The molecule has 0 saturated carbocycles. The van der Waals surface area contributed by atoms with E-state index in [4.69, 9.17) is 0 Å². The van der Waals surface area contributed by atoms with Crippen LogP contribution in [-0.2, 0) is 0 Å². The minimum Gasteiger partial charge on any atom is -0.508 e. The maximum Gasteiger partial charge on any atom is 0.251 e. The molecule has 0 aliphatic heterocycles. The van der Waals surface area contributed by atoms with Crippen LogP contribution in [0.2, 0.25) is 0 Å². The summed E-state index contributed by atoms with van der Waals surface area (Å²) in [4.78, 5) is 11.7. The van der Waals surface area contributed by atoms with Gasteiger partial charge in [0.1, 0.15) is 5.75 Å². The Balaban J connectivity index is 2.50. The fourth-order valence-corrected chi connectivity index (χ4v) is 1.37. The molecule has 0 fully saturated rings. The van der Waals surface area contributed by atoms with Gasteiger partial charge in [0.2, 0.25) is 0 Å². The van der Waals surface area contributed by atoms with E-state index in [9.17, 15) is 9.90 Å². The summed E-state index contributed by atoms with van der Waals surface area (Å²) >= 11 is 0. The lowest BCUT2D eigenvalue weighted by molar-refractivity contribution is 0.0953. The van der Waals surface area contributed by atoms with Crippen LogP contribution >= 0.6 is 0 Å². The lowest BCUT2D eigenvalue weighted by Gasteiger charge is -2.06. The maximum absolute atomic E-state index is 11.7. The molecule has 0 bridgehead atoms. The molecular weight excluding hydrogens is 204 g/mol. The predicted molar refractivity (Wildman–Crippen MR) is 63.7 cm³/mol. The molecule has 3 N–H and O–H groups in total. The van der Waals surface area contributed by atoms with Crippen molar-refractivity contribution in [2.45, 2.75) is 13.3 Å². The monoisotopic (exact) mass is 222 g/mol.